The highest BCUT2D eigenvalue weighted by Gasteiger charge is 2.22. The number of hydrogen-bond acceptors (Lipinski definition) is 2. The third-order valence-corrected chi connectivity index (χ3v) is 4.28. The Morgan fingerprint density at radius 1 is 1.29 bits per heavy atom. The molecule has 0 saturated heterocycles. The van der Waals surface area contributed by atoms with Gasteiger partial charge >= 0.3 is 0 Å². The molecule has 0 bridgehead atoms. The molecule has 1 unspecified atom stereocenters. The fraction of sp³-hybridized carbons (Fsp3) is 0.500. The van der Waals surface area contributed by atoms with Crippen molar-refractivity contribution in [1.29, 1.82) is 0 Å². The standard InChI is InChI=1S/C18H25N3/c1-21-14-15(12-20-21)6-5-9-17(13-19-18-10-11-18)16-7-3-2-4-8-16/h2-4,7-8,12,14,17-19H,5-6,9-11,13H2,1H3. The van der Waals surface area contributed by atoms with Gasteiger partial charge in [0, 0.05) is 25.8 Å². The third-order valence-electron chi connectivity index (χ3n) is 4.28. The summed E-state index contributed by atoms with van der Waals surface area (Å²) in [7, 11) is 1.98. The monoisotopic (exact) mass is 283 g/mol. The van der Waals surface area contributed by atoms with Crippen molar-refractivity contribution in [3.05, 3.63) is 53.9 Å². The average Bonchev–Trinajstić information content (AvgIpc) is 3.25. The first-order chi connectivity index (χ1) is 10.3. The van der Waals surface area contributed by atoms with Crippen LogP contribution in [0.4, 0.5) is 0 Å². The Morgan fingerprint density at radius 3 is 2.76 bits per heavy atom. The Kier molecular flexibility index (Phi) is 4.71. The lowest BCUT2D eigenvalue weighted by atomic mass is 9.93. The van der Waals surface area contributed by atoms with Gasteiger partial charge in [-0.3, -0.25) is 4.68 Å². The molecule has 1 aliphatic rings. The van der Waals surface area contributed by atoms with Crippen molar-refractivity contribution in [3.8, 4) is 0 Å². The molecule has 1 fully saturated rings. The molecular weight excluding hydrogens is 258 g/mol. The van der Waals surface area contributed by atoms with Crippen LogP contribution in [-0.2, 0) is 13.5 Å². The van der Waals surface area contributed by atoms with E-state index in [1.807, 2.05) is 17.9 Å². The van der Waals surface area contributed by atoms with Gasteiger partial charge in [0.15, 0.2) is 0 Å². The minimum atomic E-state index is 0.628. The number of nitrogens with zero attached hydrogens (tertiary/aromatic N) is 2. The minimum Gasteiger partial charge on any atom is -0.313 e. The maximum atomic E-state index is 4.24. The summed E-state index contributed by atoms with van der Waals surface area (Å²) < 4.78 is 1.89. The number of hydrogen-bond donors (Lipinski definition) is 1. The van der Waals surface area contributed by atoms with Crippen molar-refractivity contribution in [2.24, 2.45) is 7.05 Å². The third kappa shape index (κ3) is 4.43. The SMILES string of the molecule is Cn1cc(CCCC(CNC2CC2)c2ccccc2)cn1. The van der Waals surface area contributed by atoms with E-state index in [0.29, 0.717) is 5.92 Å². The van der Waals surface area contributed by atoms with E-state index in [1.165, 1.54) is 36.8 Å². The molecule has 3 nitrogen and oxygen atoms in total. The van der Waals surface area contributed by atoms with Gasteiger partial charge in [-0.1, -0.05) is 30.3 Å². The van der Waals surface area contributed by atoms with E-state index in [2.05, 4.69) is 46.9 Å². The van der Waals surface area contributed by atoms with Gasteiger partial charge in [-0.2, -0.15) is 5.10 Å². The molecular formula is C18H25N3. The second kappa shape index (κ2) is 6.90. The summed E-state index contributed by atoms with van der Waals surface area (Å²) in [5.74, 6) is 0.628. The van der Waals surface area contributed by atoms with Crippen molar-refractivity contribution < 1.29 is 0 Å². The minimum absolute atomic E-state index is 0.628. The largest absolute Gasteiger partial charge is 0.313 e. The highest BCUT2D eigenvalue weighted by Crippen LogP contribution is 2.24. The fourth-order valence-corrected chi connectivity index (χ4v) is 2.86. The topological polar surface area (TPSA) is 29.9 Å². The van der Waals surface area contributed by atoms with Crippen LogP contribution in [-0.4, -0.2) is 22.4 Å². The lowest BCUT2D eigenvalue weighted by molar-refractivity contribution is 0.531. The maximum Gasteiger partial charge on any atom is 0.0521 e. The summed E-state index contributed by atoms with van der Waals surface area (Å²) in [4.78, 5) is 0. The molecule has 21 heavy (non-hydrogen) atoms. The highest BCUT2D eigenvalue weighted by molar-refractivity contribution is 5.20. The van der Waals surface area contributed by atoms with E-state index < -0.39 is 0 Å². The molecule has 3 heteroatoms. The Hall–Kier alpha value is -1.61. The van der Waals surface area contributed by atoms with Crippen LogP contribution in [0.15, 0.2) is 42.7 Å². The quantitative estimate of drug-likeness (QED) is 0.806. The normalized spacial score (nSPS) is 16.0. The molecule has 0 aliphatic heterocycles. The van der Waals surface area contributed by atoms with Gasteiger partial charge < -0.3 is 5.32 Å². The first-order valence-corrected chi connectivity index (χ1v) is 8.07. The first kappa shape index (κ1) is 14.3. The molecule has 1 N–H and O–H groups in total. The van der Waals surface area contributed by atoms with Gasteiger partial charge in [-0.25, -0.2) is 0 Å². The van der Waals surface area contributed by atoms with E-state index in [0.717, 1.165) is 19.0 Å². The molecule has 0 amide bonds. The van der Waals surface area contributed by atoms with E-state index >= 15 is 0 Å². The number of rotatable bonds is 8. The van der Waals surface area contributed by atoms with Crippen molar-refractivity contribution in [1.82, 2.24) is 15.1 Å². The zero-order chi connectivity index (χ0) is 14.5. The summed E-state index contributed by atoms with van der Waals surface area (Å²) in [6, 6.07) is 11.7. The van der Waals surface area contributed by atoms with Gasteiger partial charge in [0.2, 0.25) is 0 Å². The van der Waals surface area contributed by atoms with E-state index in [4.69, 9.17) is 0 Å². The van der Waals surface area contributed by atoms with Gasteiger partial charge in [0.1, 0.15) is 0 Å². The first-order valence-electron chi connectivity index (χ1n) is 8.07. The molecule has 112 valence electrons. The molecule has 1 atom stereocenters. The number of nitrogens with one attached hydrogen (secondary N) is 1. The summed E-state index contributed by atoms with van der Waals surface area (Å²) in [6.45, 7) is 1.11. The number of aryl methyl sites for hydroxylation is 2. The van der Waals surface area contributed by atoms with Crippen LogP contribution in [0.5, 0.6) is 0 Å². The Morgan fingerprint density at radius 2 is 2.10 bits per heavy atom. The highest BCUT2D eigenvalue weighted by atomic mass is 15.2. The summed E-state index contributed by atoms with van der Waals surface area (Å²) in [5.41, 5.74) is 2.82. The van der Waals surface area contributed by atoms with Crippen LogP contribution in [0.1, 0.15) is 42.7 Å². The van der Waals surface area contributed by atoms with Crippen molar-refractivity contribution in [2.75, 3.05) is 6.54 Å². The molecule has 1 aromatic carbocycles. The molecule has 0 spiro atoms. The lowest BCUT2D eigenvalue weighted by Gasteiger charge is -2.18. The van der Waals surface area contributed by atoms with E-state index in [9.17, 15) is 0 Å². The smallest absolute Gasteiger partial charge is 0.0521 e. The zero-order valence-corrected chi connectivity index (χ0v) is 12.8. The molecule has 1 aromatic heterocycles. The summed E-state index contributed by atoms with van der Waals surface area (Å²) in [6.07, 6.45) is 10.4. The lowest BCUT2D eigenvalue weighted by Crippen LogP contribution is -2.23. The van der Waals surface area contributed by atoms with Gasteiger partial charge in [-0.05, 0) is 49.1 Å². The van der Waals surface area contributed by atoms with E-state index in [-0.39, 0.29) is 0 Å². The van der Waals surface area contributed by atoms with Crippen LogP contribution < -0.4 is 5.32 Å². The number of benzene rings is 1. The number of aromatic nitrogens is 2. The van der Waals surface area contributed by atoms with Crippen LogP contribution >= 0.6 is 0 Å². The van der Waals surface area contributed by atoms with Crippen LogP contribution in [0.25, 0.3) is 0 Å². The van der Waals surface area contributed by atoms with Gasteiger partial charge in [0.05, 0.1) is 6.20 Å². The van der Waals surface area contributed by atoms with Crippen molar-refractivity contribution in [2.45, 2.75) is 44.1 Å². The van der Waals surface area contributed by atoms with Gasteiger partial charge in [-0.15, -0.1) is 0 Å². The predicted molar refractivity (Wildman–Crippen MR) is 86.4 cm³/mol. The molecule has 0 radical (unpaired) electrons. The van der Waals surface area contributed by atoms with Crippen molar-refractivity contribution in [3.63, 3.8) is 0 Å². The Bertz CT molecular complexity index is 543. The van der Waals surface area contributed by atoms with Crippen LogP contribution in [0.3, 0.4) is 0 Å². The molecule has 1 heterocycles. The maximum absolute atomic E-state index is 4.24. The van der Waals surface area contributed by atoms with Crippen LogP contribution in [0, 0.1) is 0 Å². The summed E-state index contributed by atoms with van der Waals surface area (Å²) >= 11 is 0. The Labute approximate surface area is 127 Å². The Balaban J connectivity index is 1.53. The average molecular weight is 283 g/mol. The van der Waals surface area contributed by atoms with Gasteiger partial charge in [0.25, 0.3) is 0 Å². The predicted octanol–water partition coefficient (Wildman–Crippen LogP) is 3.28. The second-order valence-electron chi connectivity index (χ2n) is 6.20. The molecule has 1 aliphatic carbocycles. The fourth-order valence-electron chi connectivity index (χ4n) is 2.86. The molecule has 1 saturated carbocycles. The molecule has 2 aromatic rings. The molecule has 3 rings (SSSR count). The summed E-state index contributed by atoms with van der Waals surface area (Å²) in [5, 5.41) is 7.94. The van der Waals surface area contributed by atoms with E-state index in [1.54, 1.807) is 0 Å². The van der Waals surface area contributed by atoms with Crippen LogP contribution in [0.2, 0.25) is 0 Å². The second-order valence-corrected chi connectivity index (χ2v) is 6.20. The zero-order valence-electron chi connectivity index (χ0n) is 12.8. The van der Waals surface area contributed by atoms with Crippen molar-refractivity contribution >= 4 is 0 Å².